The van der Waals surface area contributed by atoms with Crippen molar-refractivity contribution in [1.29, 1.82) is 0 Å². The quantitative estimate of drug-likeness (QED) is 0.564. The summed E-state index contributed by atoms with van der Waals surface area (Å²) >= 11 is 5.86. The monoisotopic (exact) mass is 421 g/mol. The zero-order chi connectivity index (χ0) is 20.9. The van der Waals surface area contributed by atoms with Gasteiger partial charge in [-0.15, -0.1) is 0 Å². The third kappa shape index (κ3) is 5.56. The molecule has 8 heteroatoms. The summed E-state index contributed by atoms with van der Waals surface area (Å²) in [5, 5.41) is 4.51. The largest absolute Gasteiger partial charge is 0.271 e. The Kier molecular flexibility index (Phi) is 6.85. The van der Waals surface area contributed by atoms with Crippen LogP contribution in [0.4, 0.5) is 5.69 Å². The number of anilines is 1. The zero-order valence-corrected chi connectivity index (χ0v) is 17.9. The Balaban J connectivity index is 2.33. The van der Waals surface area contributed by atoms with Crippen LogP contribution in [0.15, 0.2) is 64.6 Å². The molecule has 0 saturated heterocycles. The molecular weight excluding hydrogens is 398 g/mol. The van der Waals surface area contributed by atoms with Crippen molar-refractivity contribution in [2.75, 3.05) is 10.8 Å². The standard InChI is InChI=1S/C20H24ClN3O3S/c1-15(20(2,3)4)22-23-19(25)14-24(17-8-6-5-7-9-17)28(26,27)18-12-10-16(21)11-13-18/h5-13H,14H2,1-4H3,(H,23,25)/b22-15-. The fourth-order valence-electron chi connectivity index (χ4n) is 2.12. The van der Waals surface area contributed by atoms with Crippen LogP contribution in [-0.2, 0) is 14.8 Å². The fraction of sp³-hybridized carbons (Fsp3) is 0.300. The number of sulfonamides is 1. The average Bonchev–Trinajstić information content (AvgIpc) is 2.64. The number of carbonyl (C=O) groups is 1. The molecule has 0 aliphatic heterocycles. The summed E-state index contributed by atoms with van der Waals surface area (Å²) in [7, 11) is -3.97. The van der Waals surface area contributed by atoms with Crippen LogP contribution < -0.4 is 9.73 Å². The summed E-state index contributed by atoms with van der Waals surface area (Å²) in [6, 6.07) is 14.3. The topological polar surface area (TPSA) is 78.8 Å². The van der Waals surface area contributed by atoms with Crippen LogP contribution in [0, 0.1) is 5.41 Å². The number of hydrogen-bond donors (Lipinski definition) is 1. The molecule has 1 amide bonds. The van der Waals surface area contributed by atoms with E-state index in [0.717, 1.165) is 10.0 Å². The molecular formula is C20H24ClN3O3S. The van der Waals surface area contributed by atoms with Crippen LogP contribution in [0.25, 0.3) is 0 Å². The van der Waals surface area contributed by atoms with Crippen molar-refractivity contribution < 1.29 is 13.2 Å². The lowest BCUT2D eigenvalue weighted by molar-refractivity contribution is -0.119. The first-order valence-corrected chi connectivity index (χ1v) is 10.5. The highest BCUT2D eigenvalue weighted by atomic mass is 35.5. The van der Waals surface area contributed by atoms with E-state index in [1.54, 1.807) is 37.3 Å². The second kappa shape index (κ2) is 8.75. The van der Waals surface area contributed by atoms with Gasteiger partial charge in [-0.05, 0) is 43.3 Å². The molecule has 2 aromatic rings. The maximum Gasteiger partial charge on any atom is 0.264 e. The molecule has 0 radical (unpaired) electrons. The van der Waals surface area contributed by atoms with E-state index >= 15 is 0 Å². The normalized spacial score (nSPS) is 12.5. The smallest absolute Gasteiger partial charge is 0.264 e. The first kappa shape index (κ1) is 21.9. The molecule has 0 saturated carbocycles. The van der Waals surface area contributed by atoms with Crippen LogP contribution >= 0.6 is 11.6 Å². The zero-order valence-electron chi connectivity index (χ0n) is 16.3. The number of nitrogens with zero attached hydrogens (tertiary/aromatic N) is 2. The Bertz CT molecular complexity index is 950. The second-order valence-corrected chi connectivity index (χ2v) is 9.58. The maximum absolute atomic E-state index is 13.1. The molecule has 0 spiro atoms. The van der Waals surface area contributed by atoms with Gasteiger partial charge in [-0.1, -0.05) is 50.6 Å². The molecule has 28 heavy (non-hydrogen) atoms. The molecule has 2 rings (SSSR count). The molecule has 0 heterocycles. The third-order valence-corrected chi connectivity index (χ3v) is 6.21. The van der Waals surface area contributed by atoms with E-state index in [0.29, 0.717) is 10.7 Å². The van der Waals surface area contributed by atoms with Crippen molar-refractivity contribution in [2.24, 2.45) is 10.5 Å². The van der Waals surface area contributed by atoms with E-state index in [2.05, 4.69) is 10.5 Å². The lowest BCUT2D eigenvalue weighted by atomic mass is 9.91. The number of para-hydroxylation sites is 1. The molecule has 2 aromatic carbocycles. The second-order valence-electron chi connectivity index (χ2n) is 7.28. The van der Waals surface area contributed by atoms with Gasteiger partial charge in [0.2, 0.25) is 0 Å². The van der Waals surface area contributed by atoms with E-state index in [4.69, 9.17) is 11.6 Å². The maximum atomic E-state index is 13.1. The van der Waals surface area contributed by atoms with Gasteiger partial charge in [0.15, 0.2) is 0 Å². The molecule has 0 aromatic heterocycles. The SMILES string of the molecule is C/C(=N/NC(=O)CN(c1ccccc1)S(=O)(=O)c1ccc(Cl)cc1)C(C)(C)C. The van der Waals surface area contributed by atoms with Gasteiger partial charge < -0.3 is 0 Å². The molecule has 150 valence electrons. The molecule has 1 N–H and O–H groups in total. The van der Waals surface area contributed by atoms with Gasteiger partial charge in [-0.25, -0.2) is 13.8 Å². The lowest BCUT2D eigenvalue weighted by Crippen LogP contribution is -2.40. The first-order chi connectivity index (χ1) is 13.0. The number of benzene rings is 2. The Hall–Kier alpha value is -2.38. The first-order valence-electron chi connectivity index (χ1n) is 8.69. The van der Waals surface area contributed by atoms with Crippen molar-refractivity contribution in [1.82, 2.24) is 5.43 Å². The highest BCUT2D eigenvalue weighted by Gasteiger charge is 2.27. The lowest BCUT2D eigenvalue weighted by Gasteiger charge is -2.24. The highest BCUT2D eigenvalue weighted by Crippen LogP contribution is 2.24. The van der Waals surface area contributed by atoms with Gasteiger partial charge in [0.1, 0.15) is 6.54 Å². The van der Waals surface area contributed by atoms with E-state index in [1.807, 2.05) is 20.8 Å². The van der Waals surface area contributed by atoms with Crippen LogP contribution in [0.2, 0.25) is 5.02 Å². The van der Waals surface area contributed by atoms with Crippen molar-refractivity contribution in [2.45, 2.75) is 32.6 Å². The predicted molar refractivity (Wildman–Crippen MR) is 113 cm³/mol. The van der Waals surface area contributed by atoms with Gasteiger partial charge in [0.05, 0.1) is 10.6 Å². The molecule has 0 aliphatic carbocycles. The van der Waals surface area contributed by atoms with Gasteiger partial charge in [-0.3, -0.25) is 9.10 Å². The van der Waals surface area contributed by atoms with Crippen molar-refractivity contribution in [3.05, 3.63) is 59.6 Å². The molecule has 0 bridgehead atoms. The minimum atomic E-state index is -3.97. The van der Waals surface area contributed by atoms with E-state index < -0.39 is 22.5 Å². The van der Waals surface area contributed by atoms with E-state index in [1.165, 1.54) is 24.3 Å². The Morgan fingerprint density at radius 1 is 1.07 bits per heavy atom. The van der Waals surface area contributed by atoms with E-state index in [-0.39, 0.29) is 10.3 Å². The van der Waals surface area contributed by atoms with Crippen LogP contribution in [0.5, 0.6) is 0 Å². The van der Waals surface area contributed by atoms with Crippen molar-refractivity contribution in [3.8, 4) is 0 Å². The van der Waals surface area contributed by atoms with Crippen LogP contribution in [0.1, 0.15) is 27.7 Å². The summed E-state index contributed by atoms with van der Waals surface area (Å²) in [5.41, 5.74) is 3.35. The molecule has 6 nitrogen and oxygen atoms in total. The van der Waals surface area contributed by atoms with Gasteiger partial charge in [0.25, 0.3) is 15.9 Å². The van der Waals surface area contributed by atoms with Crippen molar-refractivity contribution >= 4 is 38.9 Å². The highest BCUT2D eigenvalue weighted by molar-refractivity contribution is 7.92. The van der Waals surface area contributed by atoms with Gasteiger partial charge in [-0.2, -0.15) is 5.10 Å². The summed E-state index contributed by atoms with van der Waals surface area (Å²) in [6.07, 6.45) is 0. The molecule has 0 atom stereocenters. The van der Waals surface area contributed by atoms with Crippen LogP contribution in [0.3, 0.4) is 0 Å². The van der Waals surface area contributed by atoms with Crippen molar-refractivity contribution in [3.63, 3.8) is 0 Å². The molecule has 0 aliphatic rings. The number of amides is 1. The predicted octanol–water partition coefficient (Wildman–Crippen LogP) is 4.07. The number of hydrogen-bond acceptors (Lipinski definition) is 4. The number of nitrogens with one attached hydrogen (secondary N) is 1. The number of halogens is 1. The minimum Gasteiger partial charge on any atom is -0.271 e. The van der Waals surface area contributed by atoms with Gasteiger partial charge >= 0.3 is 0 Å². The third-order valence-electron chi connectivity index (χ3n) is 4.17. The van der Waals surface area contributed by atoms with Crippen LogP contribution in [-0.4, -0.2) is 26.6 Å². The molecule has 0 unspecified atom stereocenters. The number of rotatable bonds is 6. The summed E-state index contributed by atoms with van der Waals surface area (Å²) in [6.45, 7) is 7.31. The number of hydrazone groups is 1. The fourth-order valence-corrected chi connectivity index (χ4v) is 3.67. The van der Waals surface area contributed by atoms with E-state index in [9.17, 15) is 13.2 Å². The van der Waals surface area contributed by atoms with Gasteiger partial charge in [0, 0.05) is 16.1 Å². The Labute approximate surface area is 171 Å². The number of carbonyl (C=O) groups excluding carboxylic acids is 1. The summed E-state index contributed by atoms with van der Waals surface area (Å²) in [4.78, 5) is 12.5. The Morgan fingerprint density at radius 3 is 2.18 bits per heavy atom. The molecule has 0 fully saturated rings. The minimum absolute atomic E-state index is 0.0444. The summed E-state index contributed by atoms with van der Waals surface area (Å²) < 4.78 is 27.3. The average molecular weight is 422 g/mol. The Morgan fingerprint density at radius 2 is 1.64 bits per heavy atom. The summed E-state index contributed by atoms with van der Waals surface area (Å²) in [5.74, 6) is -0.537.